The van der Waals surface area contributed by atoms with Gasteiger partial charge < -0.3 is 5.73 Å². The van der Waals surface area contributed by atoms with Gasteiger partial charge in [-0.2, -0.15) is 0 Å². The maximum atomic E-state index is 5.46. The van der Waals surface area contributed by atoms with Crippen LogP contribution in [0.2, 0.25) is 0 Å². The number of nitrogens with two attached hydrogens (primary N) is 1. The zero-order chi connectivity index (χ0) is 12.1. The van der Waals surface area contributed by atoms with E-state index in [-0.39, 0.29) is 0 Å². The average Bonchev–Trinajstić information content (AvgIpc) is 2.80. The summed E-state index contributed by atoms with van der Waals surface area (Å²) in [5.74, 6) is 0. The van der Waals surface area contributed by atoms with Crippen molar-refractivity contribution in [2.45, 2.75) is 20.3 Å². The van der Waals surface area contributed by atoms with Gasteiger partial charge in [-0.05, 0) is 36.5 Å². The van der Waals surface area contributed by atoms with Gasteiger partial charge >= 0.3 is 0 Å². The maximum Gasteiger partial charge on any atom is 0.194 e. The fourth-order valence-electron chi connectivity index (χ4n) is 1.09. The Morgan fingerprint density at radius 3 is 2.53 bits per heavy atom. The lowest BCUT2D eigenvalue weighted by Gasteiger charge is -1.98. The van der Waals surface area contributed by atoms with E-state index in [4.69, 9.17) is 5.73 Å². The quantitative estimate of drug-likeness (QED) is 0.661. The lowest BCUT2D eigenvalue weighted by atomic mass is 10.2. The van der Waals surface area contributed by atoms with E-state index in [1.54, 1.807) is 35.5 Å². The molecule has 90 valence electrons. The molecule has 0 aliphatic rings. The van der Waals surface area contributed by atoms with Crippen molar-refractivity contribution in [2.75, 3.05) is 12.8 Å². The van der Waals surface area contributed by atoms with Crippen LogP contribution in [0.15, 0.2) is 26.2 Å². The number of thioether (sulfide) groups is 1. The molecule has 2 aromatic rings. The molecule has 0 aliphatic heterocycles. The molecule has 5 nitrogen and oxygen atoms in total. The molecule has 0 spiro atoms. The molecule has 2 aromatic heterocycles. The molecule has 2 heterocycles. The number of rotatable bonds is 5. The van der Waals surface area contributed by atoms with Crippen LogP contribution in [-0.4, -0.2) is 33.0 Å². The van der Waals surface area contributed by atoms with Crippen LogP contribution in [0.5, 0.6) is 0 Å². The van der Waals surface area contributed by atoms with Crippen molar-refractivity contribution in [3.63, 3.8) is 0 Å². The standard InChI is InChI=1S/C9H11N5S3/c1-15-8-13-14-9(17-8)16-7-11-4-6(2-3-10)5-12-7/h4-5H,2-3,10H2,1H3. The van der Waals surface area contributed by atoms with E-state index in [2.05, 4.69) is 20.2 Å². The van der Waals surface area contributed by atoms with Crippen LogP contribution in [0.4, 0.5) is 0 Å². The Balaban J connectivity index is 2.03. The monoisotopic (exact) mass is 285 g/mol. The molecular formula is C9H11N5S3. The van der Waals surface area contributed by atoms with Gasteiger partial charge in [-0.25, -0.2) is 9.97 Å². The molecule has 0 atom stereocenters. The lowest BCUT2D eigenvalue weighted by Crippen LogP contribution is -2.03. The summed E-state index contributed by atoms with van der Waals surface area (Å²) in [6, 6.07) is 0. The van der Waals surface area contributed by atoms with Gasteiger partial charge in [-0.15, -0.1) is 10.2 Å². The second-order valence-electron chi connectivity index (χ2n) is 3.05. The third-order valence-electron chi connectivity index (χ3n) is 1.86. The van der Waals surface area contributed by atoms with Crippen molar-refractivity contribution in [3.8, 4) is 0 Å². The van der Waals surface area contributed by atoms with E-state index < -0.39 is 0 Å². The van der Waals surface area contributed by atoms with Gasteiger partial charge in [-0.3, -0.25) is 0 Å². The highest BCUT2D eigenvalue weighted by atomic mass is 32.2. The zero-order valence-electron chi connectivity index (χ0n) is 9.16. The van der Waals surface area contributed by atoms with Crippen LogP contribution < -0.4 is 5.73 Å². The predicted molar refractivity (Wildman–Crippen MR) is 70.6 cm³/mol. The van der Waals surface area contributed by atoms with Crippen LogP contribution in [0.1, 0.15) is 5.56 Å². The maximum absolute atomic E-state index is 5.46. The molecule has 8 heteroatoms. The van der Waals surface area contributed by atoms with Crippen molar-refractivity contribution >= 4 is 34.9 Å². The molecule has 2 N–H and O–H groups in total. The minimum Gasteiger partial charge on any atom is -0.330 e. The Morgan fingerprint density at radius 1 is 1.24 bits per heavy atom. The van der Waals surface area contributed by atoms with Gasteiger partial charge in [0.2, 0.25) is 0 Å². The first-order valence-electron chi connectivity index (χ1n) is 4.88. The van der Waals surface area contributed by atoms with Gasteiger partial charge in [0.1, 0.15) is 0 Å². The summed E-state index contributed by atoms with van der Waals surface area (Å²) in [6.07, 6.45) is 6.39. The lowest BCUT2D eigenvalue weighted by molar-refractivity contribution is 0.887. The molecule has 0 aromatic carbocycles. The second kappa shape index (κ2) is 6.29. The largest absolute Gasteiger partial charge is 0.330 e. The minimum absolute atomic E-state index is 0.614. The minimum atomic E-state index is 0.614. The Morgan fingerprint density at radius 2 is 1.94 bits per heavy atom. The molecule has 2 rings (SSSR count). The van der Waals surface area contributed by atoms with Crippen molar-refractivity contribution in [1.29, 1.82) is 0 Å². The Bertz CT molecular complexity index is 470. The van der Waals surface area contributed by atoms with E-state index >= 15 is 0 Å². The molecule has 0 radical (unpaired) electrons. The third kappa shape index (κ3) is 3.63. The summed E-state index contributed by atoms with van der Waals surface area (Å²) in [6.45, 7) is 0.614. The molecule has 0 saturated heterocycles. The number of aromatic nitrogens is 4. The Labute approximate surface area is 112 Å². The highest BCUT2D eigenvalue weighted by molar-refractivity contribution is 8.02. The van der Waals surface area contributed by atoms with Gasteiger partial charge in [-0.1, -0.05) is 23.1 Å². The zero-order valence-corrected chi connectivity index (χ0v) is 11.6. The van der Waals surface area contributed by atoms with Crippen molar-refractivity contribution in [1.82, 2.24) is 20.2 Å². The normalized spacial score (nSPS) is 10.7. The SMILES string of the molecule is CSc1nnc(Sc2ncc(CCN)cn2)s1. The van der Waals surface area contributed by atoms with Crippen molar-refractivity contribution in [2.24, 2.45) is 5.73 Å². The van der Waals surface area contributed by atoms with Gasteiger partial charge in [0, 0.05) is 12.4 Å². The third-order valence-corrected chi connectivity index (χ3v) is 4.70. The molecule has 0 unspecified atom stereocenters. The molecule has 0 bridgehead atoms. The van der Waals surface area contributed by atoms with E-state index in [0.717, 1.165) is 20.7 Å². The number of hydrogen-bond acceptors (Lipinski definition) is 8. The van der Waals surface area contributed by atoms with Crippen LogP contribution >= 0.6 is 34.9 Å². The molecule has 0 fully saturated rings. The van der Waals surface area contributed by atoms with Crippen LogP contribution in [0, 0.1) is 0 Å². The topological polar surface area (TPSA) is 77.6 Å². The Kier molecular flexibility index (Phi) is 4.72. The highest BCUT2D eigenvalue weighted by Gasteiger charge is 2.07. The van der Waals surface area contributed by atoms with E-state index in [1.807, 2.05) is 6.26 Å². The number of nitrogens with zero attached hydrogens (tertiary/aromatic N) is 4. The second-order valence-corrected chi connectivity index (χ2v) is 6.30. The molecule has 0 saturated carbocycles. The first kappa shape index (κ1) is 12.7. The van der Waals surface area contributed by atoms with Crippen LogP contribution in [0.25, 0.3) is 0 Å². The fraction of sp³-hybridized carbons (Fsp3) is 0.333. The van der Waals surface area contributed by atoms with E-state index in [0.29, 0.717) is 11.7 Å². The molecule has 0 aliphatic carbocycles. The average molecular weight is 285 g/mol. The van der Waals surface area contributed by atoms with Gasteiger partial charge in [0.25, 0.3) is 0 Å². The summed E-state index contributed by atoms with van der Waals surface area (Å²) in [4.78, 5) is 8.51. The van der Waals surface area contributed by atoms with E-state index in [9.17, 15) is 0 Å². The van der Waals surface area contributed by atoms with E-state index in [1.165, 1.54) is 11.8 Å². The molecule has 17 heavy (non-hydrogen) atoms. The molecular weight excluding hydrogens is 274 g/mol. The van der Waals surface area contributed by atoms with Gasteiger partial charge in [0.05, 0.1) is 0 Å². The summed E-state index contributed by atoms with van der Waals surface area (Å²) in [5, 5.41) is 8.76. The summed E-state index contributed by atoms with van der Waals surface area (Å²) >= 11 is 4.56. The van der Waals surface area contributed by atoms with Crippen LogP contribution in [0.3, 0.4) is 0 Å². The fourth-order valence-corrected chi connectivity index (χ4v) is 3.33. The first-order valence-corrected chi connectivity index (χ1v) is 7.74. The predicted octanol–water partition coefficient (Wildman–Crippen LogP) is 1.70. The summed E-state index contributed by atoms with van der Waals surface area (Å²) < 4.78 is 1.81. The summed E-state index contributed by atoms with van der Waals surface area (Å²) in [5.41, 5.74) is 6.52. The van der Waals surface area contributed by atoms with Crippen LogP contribution in [-0.2, 0) is 6.42 Å². The molecule has 0 amide bonds. The summed E-state index contributed by atoms with van der Waals surface area (Å²) in [7, 11) is 0. The highest BCUT2D eigenvalue weighted by Crippen LogP contribution is 2.30. The van der Waals surface area contributed by atoms with Crippen molar-refractivity contribution in [3.05, 3.63) is 18.0 Å². The smallest absolute Gasteiger partial charge is 0.194 e. The Hall–Kier alpha value is -0.700. The first-order chi connectivity index (χ1) is 8.31. The van der Waals surface area contributed by atoms with Gasteiger partial charge in [0.15, 0.2) is 13.8 Å². The number of hydrogen-bond donors (Lipinski definition) is 1. The van der Waals surface area contributed by atoms with Crippen molar-refractivity contribution < 1.29 is 0 Å².